The van der Waals surface area contributed by atoms with Gasteiger partial charge in [0.15, 0.2) is 5.78 Å². The van der Waals surface area contributed by atoms with E-state index in [2.05, 4.69) is 24.3 Å². The molecule has 0 radical (unpaired) electrons. The SMILES string of the molecule is CC(C)[C@@H](C(=O)N1C[C@H](O)C[C@H]1C(=O)CCc1ccc(C2CC2)cc1)N1Cc2ccccc2C1=O. The first-order valence-corrected chi connectivity index (χ1v) is 12.8. The molecule has 0 unspecified atom stereocenters. The number of likely N-dealkylation sites (tertiary alicyclic amines) is 1. The van der Waals surface area contributed by atoms with Crippen LogP contribution in [0.15, 0.2) is 48.5 Å². The van der Waals surface area contributed by atoms with E-state index in [-0.39, 0.29) is 36.5 Å². The molecule has 2 aromatic rings. The van der Waals surface area contributed by atoms with Gasteiger partial charge in [-0.3, -0.25) is 14.4 Å². The molecule has 3 atom stereocenters. The van der Waals surface area contributed by atoms with E-state index in [1.54, 1.807) is 11.0 Å². The highest BCUT2D eigenvalue weighted by Crippen LogP contribution is 2.40. The van der Waals surface area contributed by atoms with Crippen molar-refractivity contribution in [1.29, 1.82) is 0 Å². The molecule has 0 aromatic heterocycles. The van der Waals surface area contributed by atoms with Gasteiger partial charge in [-0.1, -0.05) is 56.3 Å². The lowest BCUT2D eigenvalue weighted by atomic mass is 9.98. The highest BCUT2D eigenvalue weighted by atomic mass is 16.3. The number of carbonyl (C=O) groups excluding carboxylic acids is 3. The highest BCUT2D eigenvalue weighted by molar-refractivity contribution is 6.01. The second kappa shape index (κ2) is 9.57. The first kappa shape index (κ1) is 23.7. The van der Waals surface area contributed by atoms with Gasteiger partial charge >= 0.3 is 0 Å². The standard InChI is InChI=1S/C29H34N2O4/c1-18(2)27(31-16-22-5-3-4-6-24(22)28(31)34)29(35)30-17-23(32)15-25(30)26(33)14-9-19-7-10-20(11-8-19)21-12-13-21/h3-8,10-11,18,21,23,25,27,32H,9,12-17H2,1-2H3/t23-,25+,27+/m1/s1. The van der Waals surface area contributed by atoms with Crippen LogP contribution in [0, 0.1) is 5.92 Å². The van der Waals surface area contributed by atoms with Gasteiger partial charge in [0.05, 0.1) is 12.1 Å². The van der Waals surface area contributed by atoms with Crippen LogP contribution in [-0.4, -0.2) is 57.2 Å². The van der Waals surface area contributed by atoms with Gasteiger partial charge in [0.1, 0.15) is 6.04 Å². The maximum Gasteiger partial charge on any atom is 0.255 e. The fourth-order valence-electron chi connectivity index (χ4n) is 5.62. The summed E-state index contributed by atoms with van der Waals surface area (Å²) < 4.78 is 0. The van der Waals surface area contributed by atoms with Crippen molar-refractivity contribution in [3.05, 3.63) is 70.8 Å². The number of fused-ring (bicyclic) bond motifs is 1. The van der Waals surface area contributed by atoms with Crippen molar-refractivity contribution in [3.63, 3.8) is 0 Å². The fraction of sp³-hybridized carbons (Fsp3) is 0.483. The van der Waals surface area contributed by atoms with Crippen LogP contribution in [0.25, 0.3) is 0 Å². The minimum Gasteiger partial charge on any atom is -0.391 e. The summed E-state index contributed by atoms with van der Waals surface area (Å²) in [5, 5.41) is 10.4. The minimum absolute atomic E-state index is 0.0280. The fourth-order valence-corrected chi connectivity index (χ4v) is 5.62. The lowest BCUT2D eigenvalue weighted by molar-refractivity contribution is -0.142. The lowest BCUT2D eigenvalue weighted by Gasteiger charge is -2.35. The van der Waals surface area contributed by atoms with Gasteiger partial charge in [-0.05, 0) is 53.9 Å². The zero-order valence-electron chi connectivity index (χ0n) is 20.5. The van der Waals surface area contributed by atoms with Gasteiger partial charge in [0.25, 0.3) is 5.91 Å². The summed E-state index contributed by atoms with van der Waals surface area (Å²) in [6.07, 6.45) is 2.99. The Morgan fingerprint density at radius 3 is 2.43 bits per heavy atom. The van der Waals surface area contributed by atoms with E-state index in [9.17, 15) is 19.5 Å². The molecule has 1 aliphatic carbocycles. The maximum absolute atomic E-state index is 13.8. The van der Waals surface area contributed by atoms with E-state index in [0.717, 1.165) is 11.1 Å². The van der Waals surface area contributed by atoms with Crippen molar-refractivity contribution >= 4 is 17.6 Å². The molecule has 3 aliphatic rings. The molecule has 5 rings (SSSR count). The van der Waals surface area contributed by atoms with Crippen molar-refractivity contribution in [1.82, 2.24) is 9.80 Å². The second-order valence-corrected chi connectivity index (χ2v) is 10.7. The average molecular weight is 475 g/mol. The van der Waals surface area contributed by atoms with Crippen LogP contribution in [0.5, 0.6) is 0 Å². The zero-order valence-corrected chi connectivity index (χ0v) is 20.5. The van der Waals surface area contributed by atoms with E-state index in [1.165, 1.54) is 23.3 Å². The number of aryl methyl sites for hydroxylation is 1. The van der Waals surface area contributed by atoms with Gasteiger partial charge in [-0.25, -0.2) is 0 Å². The third-order valence-electron chi connectivity index (χ3n) is 7.69. The summed E-state index contributed by atoms with van der Waals surface area (Å²) in [6.45, 7) is 4.36. The van der Waals surface area contributed by atoms with Gasteiger partial charge in [-0.15, -0.1) is 0 Å². The molecule has 1 saturated heterocycles. The van der Waals surface area contributed by atoms with Crippen molar-refractivity contribution in [2.45, 2.75) is 76.6 Å². The predicted molar refractivity (Wildman–Crippen MR) is 133 cm³/mol. The molecule has 6 nitrogen and oxygen atoms in total. The Morgan fingerprint density at radius 2 is 1.77 bits per heavy atom. The third-order valence-corrected chi connectivity index (χ3v) is 7.69. The normalized spacial score (nSPS) is 22.6. The molecule has 1 saturated carbocycles. The number of Topliss-reactive ketones (excluding diaryl/α,β-unsaturated/α-hetero) is 1. The summed E-state index contributed by atoms with van der Waals surface area (Å²) in [5.41, 5.74) is 4.03. The van der Waals surface area contributed by atoms with Crippen LogP contribution in [0.3, 0.4) is 0 Å². The Kier molecular flexibility index (Phi) is 6.49. The number of benzene rings is 2. The third kappa shape index (κ3) is 4.76. The molecule has 1 N–H and O–H groups in total. The molecule has 2 amide bonds. The number of carbonyl (C=O) groups is 3. The molecular formula is C29H34N2O4. The van der Waals surface area contributed by atoms with Crippen molar-refractivity contribution < 1.29 is 19.5 Å². The topological polar surface area (TPSA) is 77.9 Å². The Labute approximate surface area is 206 Å². The average Bonchev–Trinajstić information content (AvgIpc) is 3.55. The Balaban J connectivity index is 1.28. The van der Waals surface area contributed by atoms with Gasteiger partial charge in [0.2, 0.25) is 5.91 Å². The lowest BCUT2D eigenvalue weighted by Crippen LogP contribution is -2.54. The summed E-state index contributed by atoms with van der Waals surface area (Å²) in [4.78, 5) is 43.3. The number of ketones is 1. The van der Waals surface area contributed by atoms with Crippen LogP contribution in [-0.2, 0) is 22.6 Å². The molecule has 184 valence electrons. The molecule has 35 heavy (non-hydrogen) atoms. The Bertz CT molecular complexity index is 1120. The van der Waals surface area contributed by atoms with Crippen LogP contribution in [0.4, 0.5) is 0 Å². The van der Waals surface area contributed by atoms with E-state index >= 15 is 0 Å². The van der Waals surface area contributed by atoms with Gasteiger partial charge < -0.3 is 14.9 Å². The number of hydrogen-bond acceptors (Lipinski definition) is 4. The molecule has 0 spiro atoms. The maximum atomic E-state index is 13.8. The Morgan fingerprint density at radius 1 is 1.06 bits per heavy atom. The van der Waals surface area contributed by atoms with Crippen LogP contribution >= 0.6 is 0 Å². The molecule has 2 aliphatic heterocycles. The monoisotopic (exact) mass is 474 g/mol. The number of amides is 2. The number of hydrogen-bond donors (Lipinski definition) is 1. The summed E-state index contributed by atoms with van der Waals surface area (Å²) in [5.74, 6) is 0.156. The van der Waals surface area contributed by atoms with E-state index < -0.39 is 18.2 Å². The molecule has 6 heteroatoms. The van der Waals surface area contributed by atoms with Gasteiger partial charge in [-0.2, -0.15) is 0 Å². The van der Waals surface area contributed by atoms with Crippen molar-refractivity contribution in [2.75, 3.05) is 6.54 Å². The summed E-state index contributed by atoms with van der Waals surface area (Å²) in [6, 6.07) is 14.6. The van der Waals surface area contributed by atoms with Crippen LogP contribution in [0.2, 0.25) is 0 Å². The minimum atomic E-state index is -0.731. The number of rotatable bonds is 8. The zero-order chi connectivity index (χ0) is 24.7. The summed E-state index contributed by atoms with van der Waals surface area (Å²) in [7, 11) is 0. The number of β-amino-alcohol motifs (C(OH)–C–C–N with tert-alkyl or cyclic N) is 1. The van der Waals surface area contributed by atoms with Crippen molar-refractivity contribution in [2.24, 2.45) is 5.92 Å². The summed E-state index contributed by atoms with van der Waals surface area (Å²) >= 11 is 0. The second-order valence-electron chi connectivity index (χ2n) is 10.7. The van der Waals surface area contributed by atoms with E-state index in [0.29, 0.717) is 30.9 Å². The molecule has 2 aromatic carbocycles. The van der Waals surface area contributed by atoms with E-state index in [1.807, 2.05) is 32.0 Å². The van der Waals surface area contributed by atoms with Crippen molar-refractivity contribution in [3.8, 4) is 0 Å². The smallest absolute Gasteiger partial charge is 0.255 e. The predicted octanol–water partition coefficient (Wildman–Crippen LogP) is 3.71. The van der Waals surface area contributed by atoms with E-state index in [4.69, 9.17) is 0 Å². The Hall–Kier alpha value is -2.99. The first-order valence-electron chi connectivity index (χ1n) is 12.8. The van der Waals surface area contributed by atoms with Crippen LogP contribution < -0.4 is 0 Å². The molecule has 2 fully saturated rings. The number of aliphatic hydroxyl groups is 1. The quantitative estimate of drug-likeness (QED) is 0.633. The molecule has 2 heterocycles. The first-order chi connectivity index (χ1) is 16.8. The number of aliphatic hydroxyl groups excluding tert-OH is 1. The largest absolute Gasteiger partial charge is 0.391 e. The van der Waals surface area contributed by atoms with Crippen LogP contribution in [0.1, 0.15) is 72.5 Å². The molecule has 0 bridgehead atoms. The highest BCUT2D eigenvalue weighted by Gasteiger charge is 2.45. The number of nitrogens with zero attached hydrogens (tertiary/aromatic N) is 2. The molecular weight excluding hydrogens is 440 g/mol. The van der Waals surface area contributed by atoms with Gasteiger partial charge in [0, 0.05) is 31.5 Å².